The maximum Gasteiger partial charge on any atom is 0.313 e. The third-order valence-corrected chi connectivity index (χ3v) is 4.39. The molecule has 2 rings (SSSR count). The van der Waals surface area contributed by atoms with Crippen molar-refractivity contribution in [1.82, 2.24) is 5.32 Å². The molecule has 2 amide bonds. The standard InChI is InChI=1S/C24H32N2O5/c1-5-6-15-30-22-12-11-20(29-4)16-21(22)26-24(28)23(27)25-14-13-18-7-9-19(10-8-18)31-17(2)3/h7-12,16-17H,5-6,13-15H2,1-4H3,(H,25,27)(H,26,28). The molecule has 0 aliphatic carbocycles. The maximum absolute atomic E-state index is 12.3. The Morgan fingerprint density at radius 1 is 1.00 bits per heavy atom. The fourth-order valence-electron chi connectivity index (χ4n) is 2.77. The van der Waals surface area contributed by atoms with E-state index in [0.717, 1.165) is 24.2 Å². The van der Waals surface area contributed by atoms with Crippen molar-refractivity contribution in [2.24, 2.45) is 0 Å². The highest BCUT2D eigenvalue weighted by molar-refractivity contribution is 6.39. The first-order valence-corrected chi connectivity index (χ1v) is 10.6. The smallest absolute Gasteiger partial charge is 0.313 e. The van der Waals surface area contributed by atoms with Crippen molar-refractivity contribution in [2.75, 3.05) is 25.6 Å². The molecule has 0 spiro atoms. The van der Waals surface area contributed by atoms with Gasteiger partial charge in [0.15, 0.2) is 0 Å². The Bertz CT molecular complexity index is 850. The molecule has 31 heavy (non-hydrogen) atoms. The highest BCUT2D eigenvalue weighted by Crippen LogP contribution is 2.29. The van der Waals surface area contributed by atoms with Crippen LogP contribution in [0.5, 0.6) is 17.2 Å². The highest BCUT2D eigenvalue weighted by atomic mass is 16.5. The molecular weight excluding hydrogens is 396 g/mol. The van der Waals surface area contributed by atoms with Crippen LogP contribution in [0.4, 0.5) is 5.69 Å². The highest BCUT2D eigenvalue weighted by Gasteiger charge is 2.16. The normalized spacial score (nSPS) is 10.5. The Morgan fingerprint density at radius 2 is 1.71 bits per heavy atom. The molecule has 2 aromatic rings. The zero-order valence-electron chi connectivity index (χ0n) is 18.7. The van der Waals surface area contributed by atoms with Gasteiger partial charge in [0.25, 0.3) is 0 Å². The van der Waals surface area contributed by atoms with Crippen molar-refractivity contribution < 1.29 is 23.8 Å². The first-order chi connectivity index (χ1) is 14.9. The summed E-state index contributed by atoms with van der Waals surface area (Å²) in [5, 5.41) is 5.26. The zero-order chi connectivity index (χ0) is 22.6. The number of methoxy groups -OCH3 is 1. The maximum atomic E-state index is 12.3. The van der Waals surface area contributed by atoms with Gasteiger partial charge in [0.1, 0.15) is 17.2 Å². The summed E-state index contributed by atoms with van der Waals surface area (Å²) in [5.74, 6) is 0.399. The summed E-state index contributed by atoms with van der Waals surface area (Å²) < 4.78 is 16.5. The number of rotatable bonds is 11. The van der Waals surface area contributed by atoms with E-state index in [1.165, 1.54) is 7.11 Å². The van der Waals surface area contributed by atoms with Crippen molar-refractivity contribution in [2.45, 2.75) is 46.1 Å². The summed E-state index contributed by atoms with van der Waals surface area (Å²) in [6.45, 7) is 6.88. The fourth-order valence-corrected chi connectivity index (χ4v) is 2.77. The molecule has 0 aliphatic rings. The van der Waals surface area contributed by atoms with Crippen LogP contribution in [0.3, 0.4) is 0 Å². The van der Waals surface area contributed by atoms with Crippen molar-refractivity contribution in [3.05, 3.63) is 48.0 Å². The molecule has 0 saturated heterocycles. The monoisotopic (exact) mass is 428 g/mol. The van der Waals surface area contributed by atoms with E-state index in [0.29, 0.717) is 36.8 Å². The van der Waals surface area contributed by atoms with Crippen LogP contribution in [0.1, 0.15) is 39.2 Å². The lowest BCUT2D eigenvalue weighted by Gasteiger charge is -2.14. The number of hydrogen-bond acceptors (Lipinski definition) is 5. The minimum Gasteiger partial charge on any atom is -0.497 e. The predicted octanol–water partition coefficient (Wildman–Crippen LogP) is 3.96. The Balaban J connectivity index is 1.88. The van der Waals surface area contributed by atoms with Crippen molar-refractivity contribution >= 4 is 17.5 Å². The largest absolute Gasteiger partial charge is 0.497 e. The molecule has 0 fully saturated rings. The van der Waals surface area contributed by atoms with E-state index in [9.17, 15) is 9.59 Å². The first kappa shape index (κ1) is 24.1. The van der Waals surface area contributed by atoms with Crippen molar-refractivity contribution in [1.29, 1.82) is 0 Å². The zero-order valence-corrected chi connectivity index (χ0v) is 18.7. The van der Waals surface area contributed by atoms with Crippen LogP contribution in [-0.2, 0) is 16.0 Å². The number of unbranched alkanes of at least 4 members (excludes halogenated alkanes) is 1. The number of ether oxygens (including phenoxy) is 3. The van der Waals surface area contributed by atoms with Crippen LogP contribution in [-0.4, -0.2) is 38.2 Å². The third kappa shape index (κ3) is 8.20. The van der Waals surface area contributed by atoms with E-state index < -0.39 is 11.8 Å². The third-order valence-electron chi connectivity index (χ3n) is 4.39. The van der Waals surface area contributed by atoms with Gasteiger partial charge in [-0.2, -0.15) is 0 Å². The summed E-state index contributed by atoms with van der Waals surface area (Å²) in [5.41, 5.74) is 1.44. The number of amides is 2. The molecule has 0 bridgehead atoms. The molecular formula is C24H32N2O5. The molecule has 0 aliphatic heterocycles. The van der Waals surface area contributed by atoms with Gasteiger partial charge in [-0.15, -0.1) is 0 Å². The van der Waals surface area contributed by atoms with Crippen LogP contribution in [0.2, 0.25) is 0 Å². The first-order valence-electron chi connectivity index (χ1n) is 10.6. The van der Waals surface area contributed by atoms with Gasteiger partial charge >= 0.3 is 11.8 Å². The lowest BCUT2D eigenvalue weighted by Crippen LogP contribution is -2.36. The van der Waals surface area contributed by atoms with Gasteiger partial charge in [-0.25, -0.2) is 0 Å². The summed E-state index contributed by atoms with van der Waals surface area (Å²) in [6.07, 6.45) is 2.61. The number of anilines is 1. The number of benzene rings is 2. The summed E-state index contributed by atoms with van der Waals surface area (Å²) in [4.78, 5) is 24.6. The van der Waals surface area contributed by atoms with Gasteiger partial charge in [0.05, 0.1) is 25.5 Å². The van der Waals surface area contributed by atoms with Gasteiger partial charge < -0.3 is 24.8 Å². The van der Waals surface area contributed by atoms with Crippen LogP contribution >= 0.6 is 0 Å². The van der Waals surface area contributed by atoms with E-state index in [-0.39, 0.29) is 6.10 Å². The van der Waals surface area contributed by atoms with Crippen molar-refractivity contribution in [3.63, 3.8) is 0 Å². The Morgan fingerprint density at radius 3 is 2.35 bits per heavy atom. The Kier molecular flexibility index (Phi) is 9.68. The molecule has 0 radical (unpaired) electrons. The Labute approximate surface area is 184 Å². The van der Waals surface area contributed by atoms with Gasteiger partial charge in [-0.1, -0.05) is 25.5 Å². The van der Waals surface area contributed by atoms with Crippen molar-refractivity contribution in [3.8, 4) is 17.2 Å². The van der Waals surface area contributed by atoms with Gasteiger partial charge in [0.2, 0.25) is 0 Å². The summed E-state index contributed by atoms with van der Waals surface area (Å²) >= 11 is 0. The molecule has 0 unspecified atom stereocenters. The molecule has 168 valence electrons. The number of hydrogen-bond donors (Lipinski definition) is 2. The lowest BCUT2D eigenvalue weighted by atomic mass is 10.1. The molecule has 0 heterocycles. The van der Waals surface area contributed by atoms with E-state index in [2.05, 4.69) is 17.6 Å². The Hall–Kier alpha value is -3.22. The molecule has 2 aromatic carbocycles. The van der Waals surface area contributed by atoms with E-state index in [1.54, 1.807) is 18.2 Å². The topological polar surface area (TPSA) is 85.9 Å². The summed E-state index contributed by atoms with van der Waals surface area (Å²) in [7, 11) is 1.53. The average Bonchev–Trinajstić information content (AvgIpc) is 2.75. The van der Waals surface area contributed by atoms with Crippen LogP contribution in [0.15, 0.2) is 42.5 Å². The van der Waals surface area contributed by atoms with Gasteiger partial charge in [0, 0.05) is 12.6 Å². The summed E-state index contributed by atoms with van der Waals surface area (Å²) in [6, 6.07) is 12.8. The molecule has 0 atom stereocenters. The molecule has 7 heteroatoms. The van der Waals surface area contributed by atoms with Crippen LogP contribution in [0, 0.1) is 0 Å². The second-order valence-electron chi connectivity index (χ2n) is 7.33. The average molecular weight is 429 g/mol. The number of carbonyl (C=O) groups is 2. The van der Waals surface area contributed by atoms with Crippen LogP contribution in [0.25, 0.3) is 0 Å². The minimum atomic E-state index is -0.755. The molecule has 0 saturated carbocycles. The SMILES string of the molecule is CCCCOc1ccc(OC)cc1NC(=O)C(=O)NCCc1ccc(OC(C)C)cc1. The number of nitrogens with one attached hydrogen (secondary N) is 2. The molecule has 2 N–H and O–H groups in total. The minimum absolute atomic E-state index is 0.116. The second-order valence-corrected chi connectivity index (χ2v) is 7.33. The fraction of sp³-hybridized carbons (Fsp3) is 0.417. The van der Waals surface area contributed by atoms with E-state index >= 15 is 0 Å². The molecule has 7 nitrogen and oxygen atoms in total. The van der Waals surface area contributed by atoms with E-state index in [4.69, 9.17) is 14.2 Å². The van der Waals surface area contributed by atoms with E-state index in [1.807, 2.05) is 38.1 Å². The molecule has 0 aromatic heterocycles. The predicted molar refractivity (Wildman–Crippen MR) is 121 cm³/mol. The number of carbonyl (C=O) groups excluding carboxylic acids is 2. The quantitative estimate of drug-likeness (QED) is 0.418. The van der Waals surface area contributed by atoms with Crippen LogP contribution < -0.4 is 24.8 Å². The van der Waals surface area contributed by atoms with Gasteiger partial charge in [-0.05, 0) is 56.5 Å². The lowest BCUT2D eigenvalue weighted by molar-refractivity contribution is -0.136. The second kappa shape index (κ2) is 12.5. The van der Waals surface area contributed by atoms with Gasteiger partial charge in [-0.3, -0.25) is 9.59 Å².